The first-order chi connectivity index (χ1) is 15.0. The van der Waals surface area contributed by atoms with E-state index in [-0.39, 0.29) is 19.1 Å². The average Bonchev–Trinajstić information content (AvgIpc) is 3.24. The molecule has 0 aliphatic heterocycles. The number of nitrogens with two attached hydrogens (primary N) is 1. The van der Waals surface area contributed by atoms with Gasteiger partial charge in [0.05, 0.1) is 7.11 Å². The van der Waals surface area contributed by atoms with Crippen LogP contribution in [-0.4, -0.2) is 35.7 Å². The number of nitrogens with zero attached hydrogens (tertiary/aromatic N) is 2. The summed E-state index contributed by atoms with van der Waals surface area (Å²) in [4.78, 5) is 27.1. The molecule has 2 N–H and O–H groups in total. The molecule has 31 heavy (non-hydrogen) atoms. The van der Waals surface area contributed by atoms with E-state index in [4.69, 9.17) is 24.5 Å². The van der Waals surface area contributed by atoms with Gasteiger partial charge in [0.15, 0.2) is 24.7 Å². The summed E-state index contributed by atoms with van der Waals surface area (Å²) in [6, 6.07) is 12.6. The molecule has 0 saturated carbocycles. The van der Waals surface area contributed by atoms with Crippen molar-refractivity contribution in [3.63, 3.8) is 0 Å². The summed E-state index contributed by atoms with van der Waals surface area (Å²) in [7, 11) is 1.46. The summed E-state index contributed by atoms with van der Waals surface area (Å²) in [6.07, 6.45) is 2.81. The van der Waals surface area contributed by atoms with Crippen LogP contribution in [0.4, 0.5) is 0 Å². The van der Waals surface area contributed by atoms with Gasteiger partial charge in [0.25, 0.3) is 11.8 Å². The average molecular weight is 423 g/mol. The maximum absolute atomic E-state index is 12.0. The van der Waals surface area contributed by atoms with Gasteiger partial charge in [-0.1, -0.05) is 35.5 Å². The first kappa shape index (κ1) is 21.6. The molecule has 0 bridgehead atoms. The summed E-state index contributed by atoms with van der Waals surface area (Å²) in [5.41, 5.74) is 7.59. The van der Waals surface area contributed by atoms with Gasteiger partial charge in [-0.2, -0.15) is 4.98 Å². The van der Waals surface area contributed by atoms with Gasteiger partial charge in [-0.25, -0.2) is 4.79 Å². The van der Waals surface area contributed by atoms with E-state index in [0.29, 0.717) is 22.9 Å². The highest BCUT2D eigenvalue weighted by molar-refractivity contribution is 5.87. The van der Waals surface area contributed by atoms with E-state index in [0.717, 1.165) is 11.1 Å². The Labute approximate surface area is 178 Å². The van der Waals surface area contributed by atoms with Crippen LogP contribution in [0.5, 0.6) is 11.5 Å². The van der Waals surface area contributed by atoms with Gasteiger partial charge in [-0.3, -0.25) is 4.79 Å². The van der Waals surface area contributed by atoms with E-state index in [1.807, 2.05) is 31.2 Å². The molecule has 9 heteroatoms. The van der Waals surface area contributed by atoms with Gasteiger partial charge < -0.3 is 24.5 Å². The van der Waals surface area contributed by atoms with Gasteiger partial charge in [-0.05, 0) is 36.3 Å². The Morgan fingerprint density at radius 3 is 2.71 bits per heavy atom. The number of carbonyl (C=O) groups excluding carboxylic acids is 2. The molecule has 160 valence electrons. The van der Waals surface area contributed by atoms with E-state index >= 15 is 0 Å². The lowest BCUT2D eigenvalue weighted by molar-refractivity contribution is -0.139. The second-order valence-corrected chi connectivity index (χ2v) is 6.43. The fourth-order valence-electron chi connectivity index (χ4n) is 2.65. The minimum absolute atomic E-state index is 0.148. The van der Waals surface area contributed by atoms with Crippen LogP contribution in [0.1, 0.15) is 17.0 Å². The molecule has 2 aromatic carbocycles. The highest BCUT2D eigenvalue weighted by Crippen LogP contribution is 2.28. The molecule has 0 atom stereocenters. The fourth-order valence-corrected chi connectivity index (χ4v) is 2.65. The number of ether oxygens (including phenoxy) is 3. The number of aromatic nitrogens is 2. The van der Waals surface area contributed by atoms with Crippen molar-refractivity contribution in [1.29, 1.82) is 0 Å². The largest absolute Gasteiger partial charge is 0.493 e. The number of esters is 1. The first-order valence-electron chi connectivity index (χ1n) is 9.29. The molecule has 9 nitrogen and oxygen atoms in total. The van der Waals surface area contributed by atoms with Crippen LogP contribution in [-0.2, 0) is 20.9 Å². The molecule has 0 aliphatic rings. The van der Waals surface area contributed by atoms with E-state index in [9.17, 15) is 9.59 Å². The number of hydrogen-bond acceptors (Lipinski definition) is 8. The Bertz CT molecular complexity index is 1110. The molecule has 0 radical (unpaired) electrons. The summed E-state index contributed by atoms with van der Waals surface area (Å²) < 4.78 is 20.8. The maximum atomic E-state index is 12.0. The molecule has 1 heterocycles. The minimum Gasteiger partial charge on any atom is -0.493 e. The number of methoxy groups -OCH3 is 1. The topological polar surface area (TPSA) is 127 Å². The lowest BCUT2D eigenvalue weighted by Gasteiger charge is -2.09. The van der Waals surface area contributed by atoms with Crippen LogP contribution in [0.25, 0.3) is 17.5 Å². The highest BCUT2D eigenvalue weighted by atomic mass is 16.6. The molecular formula is C22H21N3O6. The van der Waals surface area contributed by atoms with Crippen molar-refractivity contribution in [1.82, 2.24) is 10.1 Å². The zero-order chi connectivity index (χ0) is 22.2. The van der Waals surface area contributed by atoms with E-state index in [2.05, 4.69) is 10.1 Å². The Kier molecular flexibility index (Phi) is 7.00. The SMILES string of the molecule is COc1cc(/C=C/C(=O)OCc2nc(-c3ccccc3C)no2)ccc1OCC(N)=O. The molecule has 3 rings (SSSR count). The highest BCUT2D eigenvalue weighted by Gasteiger charge is 2.12. The Morgan fingerprint density at radius 2 is 1.97 bits per heavy atom. The smallest absolute Gasteiger partial charge is 0.331 e. The van der Waals surface area contributed by atoms with Crippen LogP contribution in [0.15, 0.2) is 53.1 Å². The van der Waals surface area contributed by atoms with Gasteiger partial charge in [0.2, 0.25) is 5.82 Å². The molecule has 0 spiro atoms. The zero-order valence-electron chi connectivity index (χ0n) is 17.0. The first-order valence-corrected chi connectivity index (χ1v) is 9.29. The van der Waals surface area contributed by atoms with Crippen LogP contribution < -0.4 is 15.2 Å². The molecule has 0 aliphatic carbocycles. The van der Waals surface area contributed by atoms with Crippen LogP contribution in [0.2, 0.25) is 0 Å². The van der Waals surface area contributed by atoms with Crippen molar-refractivity contribution in [2.24, 2.45) is 5.73 Å². The van der Waals surface area contributed by atoms with Crippen LogP contribution >= 0.6 is 0 Å². The van der Waals surface area contributed by atoms with Crippen molar-refractivity contribution in [3.8, 4) is 22.9 Å². The van der Waals surface area contributed by atoms with Crippen molar-refractivity contribution in [2.75, 3.05) is 13.7 Å². The molecule has 0 fully saturated rings. The summed E-state index contributed by atoms with van der Waals surface area (Å²) in [5.74, 6) is 0.209. The maximum Gasteiger partial charge on any atom is 0.331 e. The second-order valence-electron chi connectivity index (χ2n) is 6.43. The number of hydrogen-bond donors (Lipinski definition) is 1. The predicted molar refractivity (Wildman–Crippen MR) is 111 cm³/mol. The third kappa shape index (κ3) is 5.92. The second kappa shape index (κ2) is 10.1. The standard InChI is InChI=1S/C22H21N3O6/c1-14-5-3-4-6-16(14)22-24-20(31-25-22)13-30-21(27)10-8-15-7-9-17(18(11-15)28-2)29-12-19(23)26/h3-11H,12-13H2,1-2H3,(H2,23,26)/b10-8+. The Balaban J connectivity index is 1.57. The molecule has 0 saturated heterocycles. The monoisotopic (exact) mass is 423 g/mol. The molecule has 1 amide bonds. The summed E-state index contributed by atoms with van der Waals surface area (Å²) in [6.45, 7) is 1.53. The third-order valence-electron chi connectivity index (χ3n) is 4.16. The van der Waals surface area contributed by atoms with E-state index < -0.39 is 11.9 Å². The van der Waals surface area contributed by atoms with Gasteiger partial charge in [-0.15, -0.1) is 0 Å². The van der Waals surface area contributed by atoms with Crippen molar-refractivity contribution in [2.45, 2.75) is 13.5 Å². The van der Waals surface area contributed by atoms with Crippen molar-refractivity contribution >= 4 is 18.0 Å². The number of carbonyl (C=O) groups is 2. The number of rotatable bonds is 9. The number of aryl methyl sites for hydroxylation is 1. The van der Waals surface area contributed by atoms with Gasteiger partial charge in [0, 0.05) is 11.6 Å². The minimum atomic E-state index is -0.596. The Hall–Kier alpha value is -4.14. The molecule has 1 aromatic heterocycles. The molecule has 0 unspecified atom stereocenters. The van der Waals surface area contributed by atoms with Crippen molar-refractivity contribution in [3.05, 3.63) is 65.6 Å². The summed E-state index contributed by atoms with van der Waals surface area (Å²) in [5, 5.41) is 3.92. The Morgan fingerprint density at radius 1 is 1.16 bits per heavy atom. The van der Waals surface area contributed by atoms with Crippen LogP contribution in [0, 0.1) is 6.92 Å². The summed E-state index contributed by atoms with van der Waals surface area (Å²) >= 11 is 0. The third-order valence-corrected chi connectivity index (χ3v) is 4.16. The van der Waals surface area contributed by atoms with Crippen molar-refractivity contribution < 1.29 is 28.3 Å². The quantitative estimate of drug-likeness (QED) is 0.411. The lowest BCUT2D eigenvalue weighted by Crippen LogP contribution is -2.20. The van der Waals surface area contributed by atoms with E-state index in [1.165, 1.54) is 13.2 Å². The lowest BCUT2D eigenvalue weighted by atomic mass is 10.1. The normalized spacial score (nSPS) is 10.8. The van der Waals surface area contributed by atoms with Gasteiger partial charge >= 0.3 is 5.97 Å². The fraction of sp³-hybridized carbons (Fsp3) is 0.182. The zero-order valence-corrected chi connectivity index (χ0v) is 17.0. The van der Waals surface area contributed by atoms with Crippen LogP contribution in [0.3, 0.4) is 0 Å². The molecular weight excluding hydrogens is 402 g/mol. The molecule has 3 aromatic rings. The number of amides is 1. The number of benzene rings is 2. The van der Waals surface area contributed by atoms with Gasteiger partial charge in [0.1, 0.15) is 0 Å². The number of primary amides is 1. The van der Waals surface area contributed by atoms with E-state index in [1.54, 1.807) is 24.3 Å². The predicted octanol–water partition coefficient (Wildman–Crippen LogP) is 2.67.